The van der Waals surface area contributed by atoms with Gasteiger partial charge in [-0.15, -0.1) is 0 Å². The van der Waals surface area contributed by atoms with Gasteiger partial charge in [0.25, 0.3) is 5.91 Å². The predicted molar refractivity (Wildman–Crippen MR) is 152 cm³/mol. The number of carbonyl (C=O) groups is 1. The fourth-order valence-electron chi connectivity index (χ4n) is 4.77. The van der Waals surface area contributed by atoms with E-state index in [4.69, 9.17) is 0 Å². The number of halogens is 2. The highest BCUT2D eigenvalue weighted by Crippen LogP contribution is 2.31. The van der Waals surface area contributed by atoms with Crippen LogP contribution in [0, 0.1) is 23.0 Å². The average Bonchev–Trinajstić information content (AvgIpc) is 2.94. The van der Waals surface area contributed by atoms with E-state index in [1.54, 1.807) is 25.1 Å². The van der Waals surface area contributed by atoms with Gasteiger partial charge in [0.2, 0.25) is 0 Å². The number of anilines is 1. The highest BCUT2D eigenvalue weighted by Gasteiger charge is 2.23. The maximum Gasteiger partial charge on any atom is 0.255 e. The summed E-state index contributed by atoms with van der Waals surface area (Å²) in [5.74, 6) is -0.911. The number of pyridine rings is 1. The molecule has 4 N–H and O–H groups in total. The third-order valence-electron chi connectivity index (χ3n) is 6.94. The molecule has 2 aromatic carbocycles. The lowest BCUT2D eigenvalue weighted by Crippen LogP contribution is -2.42. The summed E-state index contributed by atoms with van der Waals surface area (Å²) in [4.78, 5) is 17.4. The van der Waals surface area contributed by atoms with Crippen LogP contribution in [-0.4, -0.2) is 23.6 Å². The molecule has 206 valence electrons. The topological polar surface area (TPSA) is 102 Å². The molecular formula is C31H32F2N6O. The lowest BCUT2D eigenvalue weighted by atomic mass is 9.90. The molecule has 2 unspecified atom stereocenters. The molecule has 4 rings (SSSR count). The van der Waals surface area contributed by atoms with Gasteiger partial charge in [0.15, 0.2) is 0 Å². The standard InChI is InChI=1S/C31H32F2N6O/c1-5-25(29-19(3)37-17-38-20(29)4)26-11-6-21(13-28(26)33)15-35-30-27(12-22(14-34)16-36-30)31(40)39-18(2)23-7-9-24(32)10-8-23/h5-13,16,18-19,37-38H,15,17H2,1-4H3,(H,35,36)(H,39,40)/b25-5-. The molecule has 1 aliphatic heterocycles. The van der Waals surface area contributed by atoms with Crippen molar-refractivity contribution >= 4 is 17.3 Å². The molecule has 1 aromatic heterocycles. The number of aromatic nitrogens is 1. The Labute approximate surface area is 233 Å². The van der Waals surface area contributed by atoms with E-state index in [0.29, 0.717) is 17.8 Å². The smallest absolute Gasteiger partial charge is 0.255 e. The minimum atomic E-state index is -0.448. The van der Waals surface area contributed by atoms with Crippen molar-refractivity contribution < 1.29 is 13.6 Å². The van der Waals surface area contributed by atoms with Crippen molar-refractivity contribution in [1.29, 1.82) is 5.26 Å². The first-order valence-corrected chi connectivity index (χ1v) is 13.1. The predicted octanol–water partition coefficient (Wildman–Crippen LogP) is 5.55. The number of nitrogens with zero attached hydrogens (tertiary/aromatic N) is 2. The van der Waals surface area contributed by atoms with Crippen molar-refractivity contribution in [2.45, 2.75) is 46.3 Å². The van der Waals surface area contributed by atoms with Gasteiger partial charge in [-0.05, 0) is 74.2 Å². The van der Waals surface area contributed by atoms with E-state index < -0.39 is 11.9 Å². The molecule has 0 saturated carbocycles. The number of hydrogen-bond acceptors (Lipinski definition) is 6. The number of carbonyl (C=O) groups excluding carboxylic acids is 1. The molecule has 3 aromatic rings. The molecule has 0 radical (unpaired) electrons. The van der Waals surface area contributed by atoms with Crippen LogP contribution in [-0.2, 0) is 6.54 Å². The summed E-state index contributed by atoms with van der Waals surface area (Å²) < 4.78 is 28.7. The molecule has 0 aliphatic carbocycles. The first kappa shape index (κ1) is 28.5. The second-order valence-electron chi connectivity index (χ2n) is 9.67. The second-order valence-corrected chi connectivity index (χ2v) is 9.67. The normalized spacial score (nSPS) is 16.1. The average molecular weight is 543 g/mol. The molecule has 0 saturated heterocycles. The van der Waals surface area contributed by atoms with Gasteiger partial charge in [0.05, 0.1) is 23.8 Å². The fourth-order valence-corrected chi connectivity index (χ4v) is 4.77. The summed E-state index contributed by atoms with van der Waals surface area (Å²) in [6, 6.07) is 14.0. The molecule has 2 atom stereocenters. The maximum atomic E-state index is 15.4. The van der Waals surface area contributed by atoms with Crippen molar-refractivity contribution in [2.24, 2.45) is 0 Å². The molecule has 0 spiro atoms. The summed E-state index contributed by atoms with van der Waals surface area (Å²) in [5.41, 5.74) is 5.15. The monoisotopic (exact) mass is 542 g/mol. The van der Waals surface area contributed by atoms with Crippen LogP contribution < -0.4 is 21.3 Å². The van der Waals surface area contributed by atoms with Crippen LogP contribution in [0.2, 0.25) is 0 Å². The first-order valence-electron chi connectivity index (χ1n) is 13.1. The molecule has 1 amide bonds. The lowest BCUT2D eigenvalue weighted by molar-refractivity contribution is 0.0940. The zero-order valence-corrected chi connectivity index (χ0v) is 22.9. The highest BCUT2D eigenvalue weighted by molar-refractivity contribution is 5.99. The van der Waals surface area contributed by atoms with E-state index in [1.807, 2.05) is 32.1 Å². The van der Waals surface area contributed by atoms with Crippen LogP contribution in [0.25, 0.3) is 5.57 Å². The van der Waals surface area contributed by atoms with Crippen molar-refractivity contribution in [3.63, 3.8) is 0 Å². The van der Waals surface area contributed by atoms with Gasteiger partial charge in [0.1, 0.15) is 23.5 Å². The molecule has 1 aliphatic rings. The third-order valence-corrected chi connectivity index (χ3v) is 6.94. The molecule has 0 bridgehead atoms. The fraction of sp³-hybridized carbons (Fsp3) is 0.258. The Morgan fingerprint density at radius 2 is 1.95 bits per heavy atom. The molecule has 40 heavy (non-hydrogen) atoms. The summed E-state index contributed by atoms with van der Waals surface area (Å²) in [7, 11) is 0. The second kappa shape index (κ2) is 12.5. The summed E-state index contributed by atoms with van der Waals surface area (Å²) in [6.45, 7) is 8.58. The van der Waals surface area contributed by atoms with Gasteiger partial charge in [0, 0.05) is 30.0 Å². The summed E-state index contributed by atoms with van der Waals surface area (Å²) in [6.07, 6.45) is 3.28. The van der Waals surface area contributed by atoms with Gasteiger partial charge in [-0.2, -0.15) is 5.26 Å². The quantitative estimate of drug-likeness (QED) is 0.298. The number of nitriles is 1. The Kier molecular flexibility index (Phi) is 8.92. The van der Waals surface area contributed by atoms with Gasteiger partial charge in [-0.25, -0.2) is 13.8 Å². The van der Waals surface area contributed by atoms with E-state index in [9.17, 15) is 14.4 Å². The summed E-state index contributed by atoms with van der Waals surface area (Å²) >= 11 is 0. The Hall–Kier alpha value is -4.55. The first-order chi connectivity index (χ1) is 19.2. The van der Waals surface area contributed by atoms with Crippen molar-refractivity contribution in [1.82, 2.24) is 20.9 Å². The van der Waals surface area contributed by atoms with E-state index in [2.05, 4.69) is 33.2 Å². The van der Waals surface area contributed by atoms with Gasteiger partial charge < -0.3 is 16.0 Å². The SMILES string of the molecule is C/C=C(\C1=C(C)NCNC1C)c1ccc(CNc2ncc(C#N)cc2C(=O)NC(C)c2ccc(F)cc2)cc1F. The number of hydrogen-bond donors (Lipinski definition) is 4. The van der Waals surface area contributed by atoms with Gasteiger partial charge in [-0.3, -0.25) is 10.1 Å². The highest BCUT2D eigenvalue weighted by atomic mass is 19.1. The molecule has 2 heterocycles. The van der Waals surface area contributed by atoms with E-state index in [0.717, 1.165) is 22.4 Å². The minimum absolute atomic E-state index is 0.0750. The molecule has 9 heteroatoms. The number of allylic oxidation sites excluding steroid dienone is 2. The zero-order chi connectivity index (χ0) is 28.8. The Morgan fingerprint density at radius 1 is 1.20 bits per heavy atom. The van der Waals surface area contributed by atoms with Crippen LogP contribution in [0.1, 0.15) is 66.3 Å². The van der Waals surface area contributed by atoms with Crippen molar-refractivity contribution in [2.75, 3.05) is 12.0 Å². The van der Waals surface area contributed by atoms with Crippen LogP contribution >= 0.6 is 0 Å². The number of amides is 1. The maximum absolute atomic E-state index is 15.4. The van der Waals surface area contributed by atoms with E-state index in [-0.39, 0.29) is 41.2 Å². The molecular weight excluding hydrogens is 510 g/mol. The third kappa shape index (κ3) is 6.35. The molecule has 7 nitrogen and oxygen atoms in total. The van der Waals surface area contributed by atoms with Gasteiger partial charge in [-0.1, -0.05) is 30.3 Å². The zero-order valence-electron chi connectivity index (χ0n) is 22.9. The lowest BCUT2D eigenvalue weighted by Gasteiger charge is -2.29. The summed E-state index contributed by atoms with van der Waals surface area (Å²) in [5, 5.41) is 21.9. The van der Waals surface area contributed by atoms with E-state index >= 15 is 4.39 Å². The van der Waals surface area contributed by atoms with Crippen LogP contribution in [0.15, 0.2) is 72.1 Å². The number of nitrogens with one attached hydrogen (secondary N) is 4. The van der Waals surface area contributed by atoms with Crippen molar-refractivity contribution in [3.05, 3.63) is 112 Å². The molecule has 0 fully saturated rings. The largest absolute Gasteiger partial charge is 0.376 e. The Bertz CT molecular complexity index is 1510. The minimum Gasteiger partial charge on any atom is -0.376 e. The van der Waals surface area contributed by atoms with E-state index in [1.165, 1.54) is 30.5 Å². The number of benzene rings is 2. The van der Waals surface area contributed by atoms with Crippen LogP contribution in [0.4, 0.5) is 14.6 Å². The Morgan fingerprint density at radius 3 is 2.60 bits per heavy atom. The number of rotatable bonds is 8. The van der Waals surface area contributed by atoms with Gasteiger partial charge >= 0.3 is 0 Å². The van der Waals surface area contributed by atoms with Crippen molar-refractivity contribution in [3.8, 4) is 6.07 Å². The van der Waals surface area contributed by atoms with Crippen LogP contribution in [0.3, 0.4) is 0 Å². The van der Waals surface area contributed by atoms with Crippen LogP contribution in [0.5, 0.6) is 0 Å². The Balaban J connectivity index is 1.53.